The molecule has 2 aliphatic heterocycles. The number of hydrogen-bond donors (Lipinski definition) is 0. The van der Waals surface area contributed by atoms with E-state index in [-0.39, 0.29) is 27.9 Å². The molecule has 4 aromatic carbocycles. The average Bonchev–Trinajstić information content (AvgIpc) is 3.64. The number of fused-ring (bicyclic) bond motifs is 1. The van der Waals surface area contributed by atoms with Crippen LogP contribution < -0.4 is 0 Å². The maximum absolute atomic E-state index is 13.8. The lowest BCUT2D eigenvalue weighted by Crippen LogP contribution is -2.63. The monoisotopic (exact) mass is 729 g/mol. The fourth-order valence-corrected chi connectivity index (χ4v) is 5.72. The number of carbonyl (C=O) groups is 6. The average molecular weight is 730 g/mol. The Morgan fingerprint density at radius 2 is 0.944 bits per heavy atom. The van der Waals surface area contributed by atoms with Crippen molar-refractivity contribution in [1.29, 1.82) is 0 Å². The third-order valence-corrected chi connectivity index (χ3v) is 8.31. The Morgan fingerprint density at radius 3 is 1.43 bits per heavy atom. The fourth-order valence-electron chi connectivity index (χ4n) is 5.72. The summed E-state index contributed by atoms with van der Waals surface area (Å²) in [5, 5.41) is 14.3. The number of rotatable bonds is 10. The molecule has 54 heavy (non-hydrogen) atoms. The standard InChI is InChI=1S/C38H27N5O11/c44-32-27-28(33(45)41-40-32)43(42-39-27)21-26-29(51-34(46)22-13-5-1-6-14-22)30(52-35(47)23-15-7-2-8-16-23)31(53-36(48)24-17-9-3-10-18-24)38(50-26)54-37(49)25-19-11-4-12-20-25/h1-20,26,29-31,38H,21H2/t26-,29-,30+,31-,38-/m1/s1. The first kappa shape index (κ1) is 35.2. The molecule has 0 bridgehead atoms. The molecule has 7 rings (SSSR count). The van der Waals surface area contributed by atoms with Gasteiger partial charge < -0.3 is 23.7 Å². The van der Waals surface area contributed by atoms with E-state index in [9.17, 15) is 28.8 Å². The van der Waals surface area contributed by atoms with E-state index in [4.69, 9.17) is 23.7 Å². The predicted octanol–water partition coefficient (Wildman–Crippen LogP) is 4.28. The molecule has 0 aliphatic carbocycles. The SMILES string of the molecule is O=C(O[C@H]1O[C@H](Cn2nnc3c2C(=O)N=NC3=O)[C@@H](OC(=O)c2ccccc2)[C@H](OC(=O)c2ccccc2)[C@H]1OC(=O)c1ccccc1)c1ccccc1. The number of amides is 2. The van der Waals surface area contributed by atoms with Crippen LogP contribution in [0.1, 0.15) is 62.4 Å². The van der Waals surface area contributed by atoms with Gasteiger partial charge in [0.15, 0.2) is 23.6 Å². The van der Waals surface area contributed by atoms with Gasteiger partial charge in [0.25, 0.3) is 0 Å². The highest BCUT2D eigenvalue weighted by atomic mass is 16.7. The normalized spacial score (nSPS) is 20.3. The van der Waals surface area contributed by atoms with Crippen molar-refractivity contribution < 1.29 is 52.5 Å². The quantitative estimate of drug-likeness (QED) is 0.146. The molecular formula is C38H27N5O11. The Balaban J connectivity index is 1.34. The van der Waals surface area contributed by atoms with Crippen LogP contribution in [0.4, 0.5) is 0 Å². The van der Waals surface area contributed by atoms with E-state index >= 15 is 0 Å². The van der Waals surface area contributed by atoms with E-state index in [2.05, 4.69) is 20.5 Å². The summed E-state index contributed by atoms with van der Waals surface area (Å²) in [4.78, 5) is 79.9. The van der Waals surface area contributed by atoms with Crippen LogP contribution >= 0.6 is 0 Å². The number of benzene rings is 4. The first-order valence-corrected chi connectivity index (χ1v) is 16.4. The smallest absolute Gasteiger partial charge is 0.340 e. The molecule has 5 aromatic rings. The van der Waals surface area contributed by atoms with Gasteiger partial charge in [-0.05, 0) is 48.5 Å². The molecule has 1 saturated heterocycles. The molecule has 1 aromatic heterocycles. The van der Waals surface area contributed by atoms with Gasteiger partial charge in [-0.25, -0.2) is 23.9 Å². The van der Waals surface area contributed by atoms with Crippen LogP contribution in [-0.2, 0) is 30.2 Å². The van der Waals surface area contributed by atoms with E-state index in [0.29, 0.717) is 0 Å². The van der Waals surface area contributed by atoms with Crippen molar-refractivity contribution in [1.82, 2.24) is 15.0 Å². The first-order chi connectivity index (χ1) is 26.3. The number of hydrogen-bond acceptors (Lipinski definition) is 13. The van der Waals surface area contributed by atoms with Crippen molar-refractivity contribution in [2.45, 2.75) is 37.3 Å². The zero-order valence-electron chi connectivity index (χ0n) is 27.9. The number of nitrogens with zero attached hydrogens (tertiary/aromatic N) is 5. The lowest BCUT2D eigenvalue weighted by Gasteiger charge is -2.44. The van der Waals surface area contributed by atoms with Crippen molar-refractivity contribution in [2.24, 2.45) is 10.2 Å². The van der Waals surface area contributed by atoms with Gasteiger partial charge in [-0.2, -0.15) is 0 Å². The molecule has 0 radical (unpaired) electrons. The summed E-state index contributed by atoms with van der Waals surface area (Å²) < 4.78 is 31.0. The van der Waals surface area contributed by atoms with Crippen LogP contribution in [0.2, 0.25) is 0 Å². The number of esters is 4. The molecular weight excluding hydrogens is 702 g/mol. The third kappa shape index (κ3) is 7.54. The van der Waals surface area contributed by atoms with Gasteiger partial charge in [-0.3, -0.25) is 9.59 Å². The third-order valence-electron chi connectivity index (χ3n) is 8.31. The number of azo groups is 1. The predicted molar refractivity (Wildman–Crippen MR) is 181 cm³/mol. The van der Waals surface area contributed by atoms with Crippen molar-refractivity contribution in [3.63, 3.8) is 0 Å². The fraction of sp³-hybridized carbons (Fsp3) is 0.158. The van der Waals surface area contributed by atoms with E-state index in [0.717, 1.165) is 4.68 Å². The van der Waals surface area contributed by atoms with Gasteiger partial charge >= 0.3 is 35.7 Å². The first-order valence-electron chi connectivity index (χ1n) is 16.4. The highest BCUT2D eigenvalue weighted by molar-refractivity contribution is 6.08. The van der Waals surface area contributed by atoms with Crippen LogP contribution in [0.15, 0.2) is 132 Å². The van der Waals surface area contributed by atoms with Crippen molar-refractivity contribution in [3.05, 3.63) is 155 Å². The molecule has 2 aliphatic rings. The Labute approximate surface area is 305 Å². The second kappa shape index (κ2) is 15.6. The Kier molecular flexibility index (Phi) is 10.2. The van der Waals surface area contributed by atoms with E-state index in [1.165, 1.54) is 48.5 Å². The van der Waals surface area contributed by atoms with Gasteiger partial charge in [-0.1, -0.05) is 78.0 Å². The van der Waals surface area contributed by atoms with E-state index < -0.39 is 78.6 Å². The highest BCUT2D eigenvalue weighted by Crippen LogP contribution is 2.33. The minimum atomic E-state index is -1.83. The summed E-state index contributed by atoms with van der Waals surface area (Å²) in [6.07, 6.45) is -8.46. The maximum Gasteiger partial charge on any atom is 0.340 e. The Morgan fingerprint density at radius 1 is 0.537 bits per heavy atom. The van der Waals surface area contributed by atoms with Crippen molar-refractivity contribution in [2.75, 3.05) is 0 Å². The van der Waals surface area contributed by atoms with E-state index in [1.54, 1.807) is 72.8 Å². The minimum Gasteiger partial charge on any atom is -0.452 e. The molecule has 270 valence electrons. The molecule has 16 heteroatoms. The molecule has 2 amide bonds. The Hall–Kier alpha value is -7.20. The number of aromatic nitrogens is 3. The minimum absolute atomic E-state index is 0.0828. The van der Waals surface area contributed by atoms with Crippen molar-refractivity contribution in [3.8, 4) is 0 Å². The van der Waals surface area contributed by atoms with Crippen LogP contribution in [0, 0.1) is 0 Å². The molecule has 3 heterocycles. The van der Waals surface area contributed by atoms with Crippen LogP contribution in [0.3, 0.4) is 0 Å². The van der Waals surface area contributed by atoms with Gasteiger partial charge in [0, 0.05) is 0 Å². The molecule has 5 atom stereocenters. The molecule has 0 unspecified atom stereocenters. The summed E-state index contributed by atoms with van der Waals surface area (Å²) in [5.74, 6) is -5.52. The second-order valence-electron chi connectivity index (χ2n) is 11.8. The van der Waals surface area contributed by atoms with Crippen molar-refractivity contribution >= 4 is 35.7 Å². The second-order valence-corrected chi connectivity index (χ2v) is 11.8. The zero-order chi connectivity index (χ0) is 37.6. The molecule has 0 N–H and O–H groups in total. The summed E-state index contributed by atoms with van der Waals surface area (Å²) in [7, 11) is 0. The summed E-state index contributed by atoms with van der Waals surface area (Å²) in [5.41, 5.74) is -0.373. The topological polar surface area (TPSA) is 204 Å². The van der Waals surface area contributed by atoms with Crippen LogP contribution in [0.25, 0.3) is 0 Å². The molecule has 16 nitrogen and oxygen atoms in total. The van der Waals surface area contributed by atoms with Gasteiger partial charge in [0.2, 0.25) is 12.4 Å². The number of carbonyl (C=O) groups excluding carboxylic acids is 6. The van der Waals surface area contributed by atoms with E-state index in [1.807, 2.05) is 0 Å². The highest BCUT2D eigenvalue weighted by Gasteiger charge is 2.55. The van der Waals surface area contributed by atoms with Gasteiger partial charge in [-0.15, -0.1) is 15.3 Å². The maximum atomic E-state index is 13.8. The zero-order valence-corrected chi connectivity index (χ0v) is 27.9. The van der Waals surface area contributed by atoms with Crippen LogP contribution in [0.5, 0.6) is 0 Å². The summed E-state index contributed by atoms with van der Waals surface area (Å²) in [6.45, 7) is -0.512. The molecule has 0 spiro atoms. The van der Waals surface area contributed by atoms with Crippen LogP contribution in [-0.4, -0.2) is 81.4 Å². The lowest BCUT2D eigenvalue weighted by atomic mass is 9.97. The van der Waals surface area contributed by atoms with Gasteiger partial charge in [0.1, 0.15) is 6.10 Å². The largest absolute Gasteiger partial charge is 0.452 e. The molecule has 1 fully saturated rings. The lowest BCUT2D eigenvalue weighted by molar-refractivity contribution is -0.280. The molecule has 0 saturated carbocycles. The number of ether oxygens (including phenoxy) is 5. The van der Waals surface area contributed by atoms with Gasteiger partial charge in [0.05, 0.1) is 28.8 Å². The Bertz CT molecular complexity index is 2230. The summed E-state index contributed by atoms with van der Waals surface area (Å²) >= 11 is 0. The summed E-state index contributed by atoms with van der Waals surface area (Å²) in [6, 6.07) is 31.3.